The van der Waals surface area contributed by atoms with Crippen molar-refractivity contribution >= 4 is 12.1 Å². The summed E-state index contributed by atoms with van der Waals surface area (Å²) in [4.78, 5) is 25.8. The van der Waals surface area contributed by atoms with Crippen LogP contribution in [-0.2, 0) is 22.6 Å². The largest absolute Gasteiger partial charge is 0.480 e. The molecule has 1 amide bonds. The molecule has 2 aliphatic rings. The van der Waals surface area contributed by atoms with E-state index in [0.717, 1.165) is 24.0 Å². The van der Waals surface area contributed by atoms with Crippen molar-refractivity contribution in [2.75, 3.05) is 6.54 Å². The average molecular weight is 418 g/mol. The Balaban J connectivity index is 1.36. The number of aliphatic carboxylic acids is 1. The number of amides is 1. The summed E-state index contributed by atoms with van der Waals surface area (Å²) in [7, 11) is 0. The molecule has 1 N–H and O–H groups in total. The normalized spacial score (nSPS) is 22.8. The van der Waals surface area contributed by atoms with Crippen molar-refractivity contribution in [3.8, 4) is 0 Å². The van der Waals surface area contributed by atoms with Gasteiger partial charge in [-0.3, -0.25) is 4.90 Å². The Labute approximate surface area is 182 Å². The van der Waals surface area contributed by atoms with Crippen LogP contribution in [0.3, 0.4) is 0 Å². The van der Waals surface area contributed by atoms with Gasteiger partial charge in [0.1, 0.15) is 12.6 Å². The monoisotopic (exact) mass is 417 g/mol. The first-order chi connectivity index (χ1) is 15.1. The fourth-order valence-electron chi connectivity index (χ4n) is 4.37. The van der Waals surface area contributed by atoms with Crippen molar-refractivity contribution in [1.29, 1.82) is 0 Å². The molecule has 5 nitrogen and oxygen atoms in total. The second-order valence-electron chi connectivity index (χ2n) is 8.23. The fraction of sp³-hybridized carbons (Fsp3) is 0.308. The minimum absolute atomic E-state index is 0.0132. The number of ether oxygens (including phenoxy) is 1. The number of carbonyl (C=O) groups is 2. The first-order valence-corrected chi connectivity index (χ1v) is 10.7. The van der Waals surface area contributed by atoms with Gasteiger partial charge in [-0.1, -0.05) is 78.9 Å². The molecule has 2 aromatic rings. The molecule has 0 saturated carbocycles. The molecule has 1 fully saturated rings. The number of hydrogen-bond donors (Lipinski definition) is 1. The number of carboxylic acid groups (broad SMARTS) is 1. The van der Waals surface area contributed by atoms with E-state index >= 15 is 0 Å². The molecular formula is C26H27NO4. The maximum atomic E-state index is 12.6. The standard InChI is InChI=1S/C26H27NO4/c28-25(29)24-16-23(17-27(24)26(30)31-18-21-9-5-2-6-10-21)22-13-11-20(12-14-22)15-19-7-3-1-4-8-19/h1-11,13-14,20,23-24H,12,15-18H2,(H,28,29)/t20?,23?,24-/m0/s1. The van der Waals surface area contributed by atoms with Crippen LogP contribution < -0.4 is 0 Å². The van der Waals surface area contributed by atoms with Gasteiger partial charge < -0.3 is 9.84 Å². The van der Waals surface area contributed by atoms with E-state index in [2.05, 4.69) is 42.5 Å². The molecule has 160 valence electrons. The van der Waals surface area contributed by atoms with Crippen LogP contribution in [0.25, 0.3) is 0 Å². The third kappa shape index (κ3) is 5.23. The molecule has 1 saturated heterocycles. The lowest BCUT2D eigenvalue weighted by molar-refractivity contribution is -0.141. The van der Waals surface area contributed by atoms with Crippen LogP contribution in [0.2, 0.25) is 0 Å². The smallest absolute Gasteiger partial charge is 0.410 e. The number of benzene rings is 2. The number of likely N-dealkylation sites (tertiary alicyclic amines) is 1. The second-order valence-corrected chi connectivity index (χ2v) is 8.23. The van der Waals surface area contributed by atoms with E-state index in [1.807, 2.05) is 36.4 Å². The predicted octanol–water partition coefficient (Wildman–Crippen LogP) is 4.84. The van der Waals surface area contributed by atoms with E-state index < -0.39 is 18.1 Å². The SMILES string of the molecule is O=C(O)[C@@H]1CC(C2=CCC(Cc3ccccc3)C=C2)CN1C(=O)OCc1ccccc1. The zero-order valence-electron chi connectivity index (χ0n) is 17.4. The van der Waals surface area contributed by atoms with Crippen molar-refractivity contribution < 1.29 is 19.4 Å². The summed E-state index contributed by atoms with van der Waals surface area (Å²) in [5.74, 6) is -0.532. The average Bonchev–Trinajstić information content (AvgIpc) is 3.25. The molecule has 0 spiro atoms. The zero-order valence-corrected chi connectivity index (χ0v) is 17.4. The van der Waals surface area contributed by atoms with Crippen LogP contribution in [0.15, 0.2) is 84.5 Å². The number of allylic oxidation sites excluding steroid dienone is 3. The summed E-state index contributed by atoms with van der Waals surface area (Å²) in [6, 6.07) is 18.9. The van der Waals surface area contributed by atoms with Gasteiger partial charge in [0.2, 0.25) is 0 Å². The Morgan fingerprint density at radius 3 is 2.29 bits per heavy atom. The summed E-state index contributed by atoms with van der Waals surface area (Å²) < 4.78 is 5.40. The zero-order chi connectivity index (χ0) is 21.6. The van der Waals surface area contributed by atoms with Gasteiger partial charge in [-0.05, 0) is 41.9 Å². The quantitative estimate of drug-likeness (QED) is 0.730. The Hall–Kier alpha value is -3.34. The predicted molar refractivity (Wildman–Crippen MR) is 118 cm³/mol. The van der Waals surface area contributed by atoms with Gasteiger partial charge in [0.25, 0.3) is 0 Å². The molecule has 5 heteroatoms. The number of hydrogen-bond acceptors (Lipinski definition) is 3. The van der Waals surface area contributed by atoms with Crippen LogP contribution >= 0.6 is 0 Å². The third-order valence-corrected chi connectivity index (χ3v) is 6.06. The van der Waals surface area contributed by atoms with E-state index in [0.29, 0.717) is 18.9 Å². The van der Waals surface area contributed by atoms with Crippen LogP contribution in [0.1, 0.15) is 24.0 Å². The van der Waals surface area contributed by atoms with Crippen LogP contribution in [0.5, 0.6) is 0 Å². The fourth-order valence-corrected chi connectivity index (χ4v) is 4.37. The van der Waals surface area contributed by atoms with E-state index in [4.69, 9.17) is 4.74 Å². The van der Waals surface area contributed by atoms with Gasteiger partial charge in [0.15, 0.2) is 0 Å². The summed E-state index contributed by atoms with van der Waals surface area (Å²) >= 11 is 0. The van der Waals surface area contributed by atoms with Gasteiger partial charge in [0.05, 0.1) is 0 Å². The van der Waals surface area contributed by atoms with Crippen molar-refractivity contribution in [1.82, 2.24) is 4.90 Å². The molecule has 1 aliphatic carbocycles. The minimum atomic E-state index is -0.985. The summed E-state index contributed by atoms with van der Waals surface area (Å²) in [6.45, 7) is 0.501. The molecule has 31 heavy (non-hydrogen) atoms. The highest BCUT2D eigenvalue weighted by atomic mass is 16.6. The summed E-state index contributed by atoms with van der Waals surface area (Å²) in [5.41, 5.74) is 3.31. The molecular weight excluding hydrogens is 390 g/mol. The number of nitrogens with zero attached hydrogens (tertiary/aromatic N) is 1. The summed E-state index contributed by atoms with van der Waals surface area (Å²) in [6.07, 6.45) is 8.29. The molecule has 2 aromatic carbocycles. The molecule has 2 unspecified atom stereocenters. The number of carboxylic acids is 1. The van der Waals surface area contributed by atoms with Gasteiger partial charge in [-0.15, -0.1) is 0 Å². The van der Waals surface area contributed by atoms with Gasteiger partial charge in [0, 0.05) is 12.5 Å². The Morgan fingerprint density at radius 2 is 1.68 bits per heavy atom. The molecule has 0 radical (unpaired) electrons. The van der Waals surface area contributed by atoms with E-state index in [1.54, 1.807) is 0 Å². The Morgan fingerprint density at radius 1 is 1.00 bits per heavy atom. The van der Waals surface area contributed by atoms with Crippen LogP contribution in [0.4, 0.5) is 4.79 Å². The topological polar surface area (TPSA) is 66.8 Å². The first kappa shape index (κ1) is 20.9. The van der Waals surface area contributed by atoms with E-state index in [1.165, 1.54) is 10.5 Å². The maximum absolute atomic E-state index is 12.6. The van der Waals surface area contributed by atoms with E-state index in [9.17, 15) is 14.7 Å². The maximum Gasteiger partial charge on any atom is 0.410 e. The second kappa shape index (κ2) is 9.65. The van der Waals surface area contributed by atoms with Crippen molar-refractivity contribution in [2.24, 2.45) is 11.8 Å². The van der Waals surface area contributed by atoms with Crippen molar-refractivity contribution in [2.45, 2.75) is 31.9 Å². The molecule has 1 aliphatic heterocycles. The molecule has 4 rings (SSSR count). The lowest BCUT2D eigenvalue weighted by atomic mass is 9.86. The van der Waals surface area contributed by atoms with E-state index in [-0.39, 0.29) is 12.5 Å². The number of carbonyl (C=O) groups excluding carboxylic acids is 1. The first-order valence-electron chi connectivity index (χ1n) is 10.7. The molecule has 0 bridgehead atoms. The highest BCUT2D eigenvalue weighted by Crippen LogP contribution is 2.33. The lowest BCUT2D eigenvalue weighted by Gasteiger charge is -2.21. The summed E-state index contributed by atoms with van der Waals surface area (Å²) in [5, 5.41) is 9.65. The minimum Gasteiger partial charge on any atom is -0.480 e. The van der Waals surface area contributed by atoms with Gasteiger partial charge in [-0.2, -0.15) is 0 Å². The van der Waals surface area contributed by atoms with Gasteiger partial charge >= 0.3 is 12.1 Å². The highest BCUT2D eigenvalue weighted by molar-refractivity contribution is 5.81. The van der Waals surface area contributed by atoms with Gasteiger partial charge in [-0.25, -0.2) is 9.59 Å². The highest BCUT2D eigenvalue weighted by Gasteiger charge is 2.41. The number of rotatable bonds is 6. The molecule has 3 atom stereocenters. The molecule has 1 heterocycles. The van der Waals surface area contributed by atoms with Crippen LogP contribution in [0, 0.1) is 11.8 Å². The lowest BCUT2D eigenvalue weighted by Crippen LogP contribution is -2.40. The van der Waals surface area contributed by atoms with Crippen LogP contribution in [-0.4, -0.2) is 34.7 Å². The third-order valence-electron chi connectivity index (χ3n) is 6.06. The Kier molecular flexibility index (Phi) is 6.51. The van der Waals surface area contributed by atoms with Crippen molar-refractivity contribution in [3.63, 3.8) is 0 Å². The van der Waals surface area contributed by atoms with Crippen molar-refractivity contribution in [3.05, 3.63) is 95.6 Å². The Bertz CT molecular complexity index is 967. The molecule has 0 aromatic heterocycles.